The maximum Gasteiger partial charge on any atom is 0.207 e. The molecule has 0 atom stereocenters. The van der Waals surface area contributed by atoms with Gasteiger partial charge in [0, 0.05) is 6.92 Å². The maximum absolute atomic E-state index is 4.74. The van der Waals surface area contributed by atoms with E-state index in [9.17, 15) is 0 Å². The summed E-state index contributed by atoms with van der Waals surface area (Å²) < 4.78 is 4.74. The van der Waals surface area contributed by atoms with Gasteiger partial charge in [0.1, 0.15) is 0 Å². The topological polar surface area (TPSA) is 35.7 Å². The van der Waals surface area contributed by atoms with Gasteiger partial charge in [0.25, 0.3) is 0 Å². The van der Waals surface area contributed by atoms with Crippen LogP contribution in [0.2, 0.25) is 0 Å². The maximum atomic E-state index is 4.74. The molecule has 1 aliphatic heterocycles. The third kappa shape index (κ3) is 0.429. The van der Waals surface area contributed by atoms with Crippen molar-refractivity contribution >= 4 is 5.90 Å². The molecule has 6 heavy (non-hydrogen) atoms. The molecule has 0 fully saturated rings. The van der Waals surface area contributed by atoms with Crippen LogP contribution in [0.25, 0.3) is 0 Å². The van der Waals surface area contributed by atoms with Crippen molar-refractivity contribution in [1.29, 1.82) is 0 Å². The van der Waals surface area contributed by atoms with Crippen LogP contribution < -0.4 is 5.43 Å². The highest BCUT2D eigenvalue weighted by Gasteiger charge is 1.97. The Morgan fingerprint density at radius 3 is 2.83 bits per heavy atom. The molecular weight excluding hydrogens is 80.0 g/mol. The molecule has 0 aromatic rings. The van der Waals surface area contributed by atoms with E-state index < -0.39 is 0 Å². The van der Waals surface area contributed by atoms with E-state index in [1.165, 1.54) is 0 Å². The van der Waals surface area contributed by atoms with E-state index in [0.29, 0.717) is 12.6 Å². The largest absolute Gasteiger partial charge is 0.455 e. The number of hydrogen-bond donors (Lipinski definition) is 0. The van der Waals surface area contributed by atoms with Gasteiger partial charge in [-0.3, -0.25) is 0 Å². The SMILES string of the molecule is CC1=N[N]CO1. The van der Waals surface area contributed by atoms with Crippen LogP contribution in [0.4, 0.5) is 0 Å². The van der Waals surface area contributed by atoms with E-state index in [1.807, 2.05) is 0 Å². The second-order valence-electron chi connectivity index (χ2n) is 1.03. The number of hydrogen-bond acceptors (Lipinski definition) is 2. The molecule has 0 amide bonds. The van der Waals surface area contributed by atoms with Gasteiger partial charge in [-0.15, -0.1) is 10.5 Å². The van der Waals surface area contributed by atoms with Crippen molar-refractivity contribution in [3.05, 3.63) is 0 Å². The summed E-state index contributed by atoms with van der Waals surface area (Å²) in [5.74, 6) is 0.662. The summed E-state index contributed by atoms with van der Waals surface area (Å²) in [5.41, 5.74) is 3.53. The van der Waals surface area contributed by atoms with E-state index in [1.54, 1.807) is 6.92 Å². The zero-order chi connectivity index (χ0) is 4.41. The Balaban J connectivity index is 2.45. The predicted molar refractivity (Wildman–Crippen MR) is 21.2 cm³/mol. The fourth-order valence-electron chi connectivity index (χ4n) is 0.280. The molecule has 0 aliphatic carbocycles. The quantitative estimate of drug-likeness (QED) is 0.405. The summed E-state index contributed by atoms with van der Waals surface area (Å²) in [4.78, 5) is 0. The molecule has 0 saturated heterocycles. The van der Waals surface area contributed by atoms with Crippen LogP contribution in [0.5, 0.6) is 0 Å². The van der Waals surface area contributed by atoms with Gasteiger partial charge in [-0.25, -0.2) is 0 Å². The zero-order valence-electron chi connectivity index (χ0n) is 3.51. The lowest BCUT2D eigenvalue weighted by atomic mass is 10.8. The molecule has 0 N–H and O–H groups in total. The highest BCUT2D eigenvalue weighted by molar-refractivity contribution is 5.73. The zero-order valence-corrected chi connectivity index (χ0v) is 3.51. The Bertz CT molecular complexity index is 78.9. The summed E-state index contributed by atoms with van der Waals surface area (Å²) in [5, 5.41) is 3.56. The summed E-state index contributed by atoms with van der Waals surface area (Å²) in [6.45, 7) is 2.18. The number of rotatable bonds is 0. The highest BCUT2D eigenvalue weighted by Crippen LogP contribution is 1.85. The molecule has 0 unspecified atom stereocenters. The Labute approximate surface area is 36.0 Å². The van der Waals surface area contributed by atoms with Crippen molar-refractivity contribution in [2.45, 2.75) is 6.92 Å². The van der Waals surface area contributed by atoms with Gasteiger partial charge in [0.15, 0.2) is 0 Å². The first-order valence-electron chi connectivity index (χ1n) is 1.73. The Kier molecular flexibility index (Phi) is 0.670. The van der Waals surface area contributed by atoms with E-state index in [-0.39, 0.29) is 0 Å². The predicted octanol–water partition coefficient (Wildman–Crippen LogP) is -0.0881. The highest BCUT2D eigenvalue weighted by atomic mass is 16.5. The average molecular weight is 85.1 g/mol. The molecule has 0 spiro atoms. The lowest BCUT2D eigenvalue weighted by molar-refractivity contribution is 0.310. The van der Waals surface area contributed by atoms with Crippen molar-refractivity contribution in [3.63, 3.8) is 0 Å². The molecule has 3 heteroatoms. The normalized spacial score (nSPS) is 18.5. The minimum atomic E-state index is 0.409. The molecule has 0 aromatic carbocycles. The van der Waals surface area contributed by atoms with Gasteiger partial charge < -0.3 is 4.74 Å². The van der Waals surface area contributed by atoms with E-state index >= 15 is 0 Å². The second kappa shape index (κ2) is 1.16. The van der Waals surface area contributed by atoms with Gasteiger partial charge in [0.2, 0.25) is 12.6 Å². The van der Waals surface area contributed by atoms with E-state index in [4.69, 9.17) is 4.74 Å². The summed E-state index contributed by atoms with van der Waals surface area (Å²) in [7, 11) is 0. The molecule has 1 aliphatic rings. The van der Waals surface area contributed by atoms with Crippen LogP contribution in [-0.2, 0) is 4.74 Å². The summed E-state index contributed by atoms with van der Waals surface area (Å²) in [6.07, 6.45) is 0. The van der Waals surface area contributed by atoms with Crippen molar-refractivity contribution in [2.75, 3.05) is 6.73 Å². The second-order valence-corrected chi connectivity index (χ2v) is 1.03. The summed E-state index contributed by atoms with van der Waals surface area (Å²) in [6, 6.07) is 0. The van der Waals surface area contributed by atoms with Gasteiger partial charge in [0.05, 0.1) is 0 Å². The molecule has 1 heterocycles. The molecule has 3 nitrogen and oxygen atoms in total. The first-order valence-corrected chi connectivity index (χ1v) is 1.73. The van der Waals surface area contributed by atoms with Crippen molar-refractivity contribution in [1.82, 2.24) is 5.43 Å². The van der Waals surface area contributed by atoms with Crippen molar-refractivity contribution < 1.29 is 4.74 Å². The molecule has 33 valence electrons. The molecule has 1 rings (SSSR count). The first-order chi connectivity index (χ1) is 2.89. The van der Waals surface area contributed by atoms with E-state index in [0.717, 1.165) is 0 Å². The van der Waals surface area contributed by atoms with Gasteiger partial charge in [-0.1, -0.05) is 0 Å². The molecule has 0 aromatic heterocycles. The average Bonchev–Trinajstić information content (AvgIpc) is 1.86. The standard InChI is InChI=1S/C3H5N2O/c1-3-5-4-2-6-3/h2H2,1H3. The van der Waals surface area contributed by atoms with Crippen LogP contribution in [0.1, 0.15) is 6.92 Å². The van der Waals surface area contributed by atoms with E-state index in [2.05, 4.69) is 10.5 Å². The van der Waals surface area contributed by atoms with Crippen LogP contribution in [-0.4, -0.2) is 12.6 Å². The fraction of sp³-hybridized carbons (Fsp3) is 0.667. The molecule has 1 radical (unpaired) electrons. The minimum absolute atomic E-state index is 0.409. The van der Waals surface area contributed by atoms with Gasteiger partial charge in [-0.2, -0.15) is 0 Å². The molecular formula is C3H5N2O. The lowest BCUT2D eigenvalue weighted by Gasteiger charge is -1.83. The van der Waals surface area contributed by atoms with Crippen LogP contribution in [0.15, 0.2) is 5.10 Å². The monoisotopic (exact) mass is 85.0 g/mol. The fourth-order valence-corrected chi connectivity index (χ4v) is 0.280. The molecule has 0 saturated carbocycles. The van der Waals surface area contributed by atoms with Crippen molar-refractivity contribution in [3.8, 4) is 0 Å². The van der Waals surface area contributed by atoms with Crippen LogP contribution in [0.3, 0.4) is 0 Å². The Hall–Kier alpha value is -0.730. The van der Waals surface area contributed by atoms with Crippen LogP contribution in [0, 0.1) is 0 Å². The number of nitrogens with zero attached hydrogens (tertiary/aromatic N) is 2. The van der Waals surface area contributed by atoms with Gasteiger partial charge in [-0.05, 0) is 0 Å². The minimum Gasteiger partial charge on any atom is -0.455 e. The Morgan fingerprint density at radius 1 is 1.83 bits per heavy atom. The molecule has 0 bridgehead atoms. The first kappa shape index (κ1) is 3.46. The third-order valence-electron chi connectivity index (χ3n) is 0.543. The number of ether oxygens (including phenoxy) is 1. The Morgan fingerprint density at radius 2 is 2.67 bits per heavy atom. The van der Waals surface area contributed by atoms with Crippen molar-refractivity contribution in [2.24, 2.45) is 5.10 Å². The summed E-state index contributed by atoms with van der Waals surface area (Å²) >= 11 is 0. The van der Waals surface area contributed by atoms with Gasteiger partial charge >= 0.3 is 0 Å². The smallest absolute Gasteiger partial charge is 0.207 e. The van der Waals surface area contributed by atoms with Crippen LogP contribution >= 0.6 is 0 Å². The third-order valence-corrected chi connectivity index (χ3v) is 0.543. The lowest BCUT2D eigenvalue weighted by Crippen LogP contribution is -1.92.